The summed E-state index contributed by atoms with van der Waals surface area (Å²) in [5.41, 5.74) is 0. The minimum Gasteiger partial charge on any atom is -0.435 e. The molecule has 0 aliphatic carbocycles. The number of carbonyl (C=O) groups excluding carboxylic acids is 1. The molecule has 0 aromatic heterocycles. The minimum atomic E-state index is -0.391. The summed E-state index contributed by atoms with van der Waals surface area (Å²) in [6.07, 6.45) is 4.82. The van der Waals surface area contributed by atoms with Gasteiger partial charge in [0.05, 0.1) is 6.61 Å². The lowest BCUT2D eigenvalue weighted by atomic mass is 10.2. The second kappa shape index (κ2) is 5.14. The van der Waals surface area contributed by atoms with Crippen molar-refractivity contribution in [2.75, 3.05) is 6.61 Å². The van der Waals surface area contributed by atoms with E-state index in [0.717, 1.165) is 19.3 Å². The Balaban J connectivity index is 2.15. The Morgan fingerprint density at radius 1 is 1.75 bits per heavy atom. The van der Waals surface area contributed by atoms with E-state index < -0.39 is 6.29 Å². The molecule has 0 N–H and O–H groups in total. The highest BCUT2D eigenvalue weighted by Crippen LogP contribution is 2.13. The fraction of sp³-hybridized carbons (Fsp3) is 0.778. The van der Waals surface area contributed by atoms with Crippen LogP contribution in [0.25, 0.3) is 0 Å². The average molecular weight is 171 g/mol. The maximum atomic E-state index is 11.0. The lowest BCUT2D eigenvalue weighted by Crippen LogP contribution is -2.25. The predicted octanol–water partition coefficient (Wildman–Crippen LogP) is 1.67. The van der Waals surface area contributed by atoms with Crippen LogP contribution in [0.15, 0.2) is 0 Å². The molecule has 69 valence electrons. The van der Waals surface area contributed by atoms with E-state index in [1.54, 1.807) is 0 Å². The van der Waals surface area contributed by atoms with Gasteiger partial charge in [-0.3, -0.25) is 4.79 Å². The average Bonchev–Trinajstić information content (AvgIpc) is 2.06. The highest BCUT2D eigenvalue weighted by molar-refractivity contribution is 5.69. The molecular weight excluding hydrogens is 156 g/mol. The van der Waals surface area contributed by atoms with Crippen molar-refractivity contribution < 1.29 is 14.3 Å². The van der Waals surface area contributed by atoms with Crippen molar-refractivity contribution >= 4 is 5.97 Å². The van der Waals surface area contributed by atoms with Gasteiger partial charge in [-0.25, -0.2) is 0 Å². The Kier molecular flexibility index (Phi) is 4.08. The zero-order chi connectivity index (χ0) is 8.81. The van der Waals surface area contributed by atoms with Crippen LogP contribution in [0.3, 0.4) is 0 Å². The normalized spacial score (nSPS) is 23.6. The summed E-state index contributed by atoms with van der Waals surface area (Å²) < 4.78 is 10.2. The quantitative estimate of drug-likeness (QED) is 0.606. The summed E-state index contributed by atoms with van der Waals surface area (Å²) in [7, 11) is 0. The molecule has 1 fully saturated rings. The number of hydrogen-bond donors (Lipinski definition) is 0. The van der Waals surface area contributed by atoms with Crippen molar-refractivity contribution in [3.05, 3.63) is 6.42 Å². The van der Waals surface area contributed by atoms with Crippen LogP contribution in [-0.2, 0) is 14.3 Å². The number of rotatable bonds is 3. The molecule has 1 atom stereocenters. The number of ether oxygens (including phenoxy) is 2. The molecule has 3 heteroatoms. The first-order valence-corrected chi connectivity index (χ1v) is 4.47. The molecule has 0 bridgehead atoms. The molecule has 0 spiro atoms. The van der Waals surface area contributed by atoms with Gasteiger partial charge >= 0.3 is 5.97 Å². The second-order valence-corrected chi connectivity index (χ2v) is 2.86. The molecule has 1 rings (SSSR count). The van der Waals surface area contributed by atoms with Crippen molar-refractivity contribution in [3.8, 4) is 0 Å². The highest BCUT2D eigenvalue weighted by atomic mass is 16.7. The molecule has 1 aliphatic rings. The molecule has 0 aromatic rings. The van der Waals surface area contributed by atoms with E-state index in [1.807, 2.05) is 13.3 Å². The van der Waals surface area contributed by atoms with Crippen molar-refractivity contribution in [2.45, 2.75) is 38.9 Å². The Bertz CT molecular complexity index is 139. The maximum Gasteiger partial charge on any atom is 0.308 e. The molecule has 1 heterocycles. The highest BCUT2D eigenvalue weighted by Gasteiger charge is 2.17. The van der Waals surface area contributed by atoms with Gasteiger partial charge in [-0.1, -0.05) is 6.92 Å². The van der Waals surface area contributed by atoms with Gasteiger partial charge in [0.1, 0.15) is 0 Å². The van der Waals surface area contributed by atoms with Crippen LogP contribution in [-0.4, -0.2) is 18.9 Å². The lowest BCUT2D eigenvalue weighted by Gasteiger charge is -2.21. The first kappa shape index (κ1) is 9.52. The number of esters is 1. The lowest BCUT2D eigenvalue weighted by molar-refractivity contribution is -0.175. The Hall–Kier alpha value is -0.570. The third kappa shape index (κ3) is 3.22. The molecule has 0 aromatic carbocycles. The monoisotopic (exact) mass is 171 g/mol. The van der Waals surface area contributed by atoms with Crippen LogP contribution < -0.4 is 0 Å². The first-order valence-electron chi connectivity index (χ1n) is 4.47. The summed E-state index contributed by atoms with van der Waals surface area (Å²) in [5.74, 6) is -0.166. The van der Waals surface area contributed by atoms with Crippen LogP contribution in [0.5, 0.6) is 0 Å². The van der Waals surface area contributed by atoms with Gasteiger partial charge in [-0.2, -0.15) is 0 Å². The topological polar surface area (TPSA) is 35.5 Å². The van der Waals surface area contributed by atoms with Crippen molar-refractivity contribution in [1.29, 1.82) is 0 Å². The van der Waals surface area contributed by atoms with Crippen molar-refractivity contribution in [1.82, 2.24) is 0 Å². The van der Waals surface area contributed by atoms with E-state index in [-0.39, 0.29) is 5.97 Å². The zero-order valence-corrected chi connectivity index (χ0v) is 7.41. The molecule has 0 unspecified atom stereocenters. The van der Waals surface area contributed by atoms with Gasteiger partial charge in [0, 0.05) is 12.8 Å². The fourth-order valence-electron chi connectivity index (χ4n) is 1.08. The SMILES string of the molecule is CCCC(=O)O[C@@H]1[CH]CCCO1. The number of hydrogen-bond acceptors (Lipinski definition) is 3. The molecule has 0 saturated carbocycles. The van der Waals surface area contributed by atoms with E-state index in [0.29, 0.717) is 13.0 Å². The summed E-state index contributed by atoms with van der Waals surface area (Å²) >= 11 is 0. The van der Waals surface area contributed by atoms with E-state index in [1.165, 1.54) is 0 Å². The predicted molar refractivity (Wildman–Crippen MR) is 44.3 cm³/mol. The molecule has 0 amide bonds. The molecule has 12 heavy (non-hydrogen) atoms. The summed E-state index contributed by atoms with van der Waals surface area (Å²) in [6, 6.07) is 0. The van der Waals surface area contributed by atoms with E-state index in [9.17, 15) is 4.79 Å². The van der Waals surface area contributed by atoms with Crippen LogP contribution in [0.1, 0.15) is 32.6 Å². The van der Waals surface area contributed by atoms with Crippen LogP contribution in [0.2, 0.25) is 0 Å². The fourth-order valence-corrected chi connectivity index (χ4v) is 1.08. The molecule has 1 radical (unpaired) electrons. The van der Waals surface area contributed by atoms with Gasteiger partial charge in [-0.15, -0.1) is 0 Å². The Morgan fingerprint density at radius 3 is 3.17 bits per heavy atom. The van der Waals surface area contributed by atoms with Gasteiger partial charge in [0.2, 0.25) is 6.29 Å². The molecule has 1 saturated heterocycles. The first-order chi connectivity index (χ1) is 5.83. The van der Waals surface area contributed by atoms with Gasteiger partial charge in [0.15, 0.2) is 0 Å². The van der Waals surface area contributed by atoms with Gasteiger partial charge in [-0.05, 0) is 19.3 Å². The van der Waals surface area contributed by atoms with Gasteiger partial charge < -0.3 is 9.47 Å². The summed E-state index contributed by atoms with van der Waals surface area (Å²) in [4.78, 5) is 11.0. The second-order valence-electron chi connectivity index (χ2n) is 2.86. The van der Waals surface area contributed by atoms with Crippen LogP contribution in [0.4, 0.5) is 0 Å². The van der Waals surface area contributed by atoms with E-state index in [2.05, 4.69) is 0 Å². The Morgan fingerprint density at radius 2 is 2.58 bits per heavy atom. The molecule has 3 nitrogen and oxygen atoms in total. The third-order valence-electron chi connectivity index (χ3n) is 1.69. The third-order valence-corrected chi connectivity index (χ3v) is 1.69. The Labute approximate surface area is 73.0 Å². The van der Waals surface area contributed by atoms with Crippen molar-refractivity contribution in [2.24, 2.45) is 0 Å². The maximum absolute atomic E-state index is 11.0. The van der Waals surface area contributed by atoms with E-state index >= 15 is 0 Å². The molecule has 1 aliphatic heterocycles. The standard InChI is InChI=1S/C9H15O3/c1-2-5-8(10)12-9-6-3-4-7-11-9/h6,9H,2-5,7H2,1H3/t9-/m1/s1. The zero-order valence-electron chi connectivity index (χ0n) is 7.41. The summed E-state index contributed by atoms with van der Waals surface area (Å²) in [5, 5.41) is 0. The summed E-state index contributed by atoms with van der Waals surface area (Å²) in [6.45, 7) is 2.65. The minimum absolute atomic E-state index is 0.166. The largest absolute Gasteiger partial charge is 0.435 e. The van der Waals surface area contributed by atoms with Crippen LogP contribution >= 0.6 is 0 Å². The van der Waals surface area contributed by atoms with Gasteiger partial charge in [0.25, 0.3) is 0 Å². The molecular formula is C9H15O3. The van der Waals surface area contributed by atoms with Crippen LogP contribution in [0, 0.1) is 6.42 Å². The van der Waals surface area contributed by atoms with Crippen molar-refractivity contribution in [3.63, 3.8) is 0 Å². The smallest absolute Gasteiger partial charge is 0.308 e. The van der Waals surface area contributed by atoms with E-state index in [4.69, 9.17) is 9.47 Å². The number of carbonyl (C=O) groups is 1.